The Morgan fingerprint density at radius 2 is 1.96 bits per heavy atom. The van der Waals surface area contributed by atoms with Crippen LogP contribution in [0.15, 0.2) is 36.7 Å². The zero-order valence-corrected chi connectivity index (χ0v) is 15.2. The molecule has 5 nitrogen and oxygen atoms in total. The smallest absolute Gasteiger partial charge is 0.253 e. The summed E-state index contributed by atoms with van der Waals surface area (Å²) >= 11 is 0. The van der Waals surface area contributed by atoms with Crippen molar-refractivity contribution < 1.29 is 4.79 Å². The van der Waals surface area contributed by atoms with E-state index in [1.807, 2.05) is 53.2 Å². The van der Waals surface area contributed by atoms with Gasteiger partial charge in [0.1, 0.15) is 0 Å². The molecule has 1 aromatic carbocycles. The van der Waals surface area contributed by atoms with E-state index in [1.165, 1.54) is 0 Å². The van der Waals surface area contributed by atoms with Gasteiger partial charge in [-0.05, 0) is 48.6 Å². The number of amides is 1. The standard InChI is InChI=1S/C18H24N4O.ClH/c1-13-10-20-22(11-13)15-6-4-14(5-7-15)17(23)21-9-8-16(19)18(2,3)12-21;/h4-7,10-11,16H,8-9,12,19H2,1-3H3;1H. The molecule has 1 atom stereocenters. The highest BCUT2D eigenvalue weighted by atomic mass is 35.5. The highest BCUT2D eigenvalue weighted by Gasteiger charge is 2.35. The van der Waals surface area contributed by atoms with Crippen molar-refractivity contribution in [2.75, 3.05) is 13.1 Å². The van der Waals surface area contributed by atoms with Gasteiger partial charge < -0.3 is 10.6 Å². The van der Waals surface area contributed by atoms with Crippen molar-refractivity contribution in [3.05, 3.63) is 47.8 Å². The minimum absolute atomic E-state index is 0. The summed E-state index contributed by atoms with van der Waals surface area (Å²) in [6.45, 7) is 7.68. The molecule has 130 valence electrons. The monoisotopic (exact) mass is 348 g/mol. The molecule has 6 heteroatoms. The van der Waals surface area contributed by atoms with Crippen LogP contribution in [0.5, 0.6) is 0 Å². The van der Waals surface area contributed by atoms with E-state index in [9.17, 15) is 4.79 Å². The molecule has 0 radical (unpaired) electrons. The van der Waals surface area contributed by atoms with Crippen LogP contribution in [0.4, 0.5) is 0 Å². The van der Waals surface area contributed by atoms with Crippen molar-refractivity contribution >= 4 is 18.3 Å². The van der Waals surface area contributed by atoms with Gasteiger partial charge in [0.25, 0.3) is 5.91 Å². The average Bonchev–Trinajstić information content (AvgIpc) is 2.96. The van der Waals surface area contributed by atoms with E-state index in [2.05, 4.69) is 18.9 Å². The SMILES string of the molecule is Cc1cnn(-c2ccc(C(=O)N3CCC(N)C(C)(C)C3)cc2)c1.Cl. The van der Waals surface area contributed by atoms with Gasteiger partial charge in [-0.3, -0.25) is 4.79 Å². The third-order valence-electron chi connectivity index (χ3n) is 4.69. The first-order chi connectivity index (χ1) is 10.9. The maximum Gasteiger partial charge on any atom is 0.253 e. The molecule has 3 rings (SSSR count). The second-order valence-electron chi connectivity index (χ2n) is 7.12. The Labute approximate surface area is 149 Å². The van der Waals surface area contributed by atoms with Gasteiger partial charge in [0, 0.05) is 30.9 Å². The molecule has 1 aliphatic heterocycles. The molecule has 2 N–H and O–H groups in total. The zero-order valence-electron chi connectivity index (χ0n) is 14.4. The minimum Gasteiger partial charge on any atom is -0.338 e. The topological polar surface area (TPSA) is 64.2 Å². The molecule has 1 fully saturated rings. The highest BCUT2D eigenvalue weighted by molar-refractivity contribution is 5.94. The van der Waals surface area contributed by atoms with E-state index in [4.69, 9.17) is 5.73 Å². The van der Waals surface area contributed by atoms with Crippen LogP contribution in [-0.2, 0) is 0 Å². The van der Waals surface area contributed by atoms with Gasteiger partial charge in [-0.25, -0.2) is 4.68 Å². The third-order valence-corrected chi connectivity index (χ3v) is 4.69. The summed E-state index contributed by atoms with van der Waals surface area (Å²) < 4.78 is 1.81. The van der Waals surface area contributed by atoms with Gasteiger partial charge in [-0.1, -0.05) is 13.8 Å². The van der Waals surface area contributed by atoms with E-state index in [0.717, 1.165) is 24.2 Å². The molecule has 0 bridgehead atoms. The number of hydrogen-bond acceptors (Lipinski definition) is 3. The molecule has 1 aromatic heterocycles. The van der Waals surface area contributed by atoms with E-state index in [0.29, 0.717) is 12.1 Å². The zero-order chi connectivity index (χ0) is 16.6. The largest absolute Gasteiger partial charge is 0.338 e. The van der Waals surface area contributed by atoms with Gasteiger partial charge in [0.15, 0.2) is 0 Å². The maximum atomic E-state index is 12.7. The van der Waals surface area contributed by atoms with Gasteiger partial charge >= 0.3 is 0 Å². The summed E-state index contributed by atoms with van der Waals surface area (Å²) in [4.78, 5) is 14.6. The van der Waals surface area contributed by atoms with Crippen molar-refractivity contribution in [3.63, 3.8) is 0 Å². The molecular formula is C18H25ClN4O. The van der Waals surface area contributed by atoms with Gasteiger partial charge in [0.2, 0.25) is 0 Å². The number of aryl methyl sites for hydroxylation is 1. The molecule has 1 aliphatic rings. The number of hydrogen-bond donors (Lipinski definition) is 1. The number of nitrogens with zero attached hydrogens (tertiary/aromatic N) is 3. The molecular weight excluding hydrogens is 324 g/mol. The first kappa shape index (κ1) is 18.5. The van der Waals surface area contributed by atoms with Gasteiger partial charge in [-0.15, -0.1) is 12.4 Å². The Kier molecular flexibility index (Phi) is 5.35. The normalized spacial score (nSPS) is 19.7. The van der Waals surface area contributed by atoms with Gasteiger partial charge in [-0.2, -0.15) is 5.10 Å². The lowest BCUT2D eigenvalue weighted by molar-refractivity contribution is 0.0533. The average molecular weight is 349 g/mol. The number of nitrogens with two attached hydrogens (primary N) is 1. The first-order valence-corrected chi connectivity index (χ1v) is 8.03. The van der Waals surface area contributed by atoms with E-state index in [-0.39, 0.29) is 29.8 Å². The number of halogens is 1. The van der Waals surface area contributed by atoms with Gasteiger partial charge in [0.05, 0.1) is 11.9 Å². The van der Waals surface area contributed by atoms with Crippen LogP contribution in [0.3, 0.4) is 0 Å². The number of piperidine rings is 1. The molecule has 0 aliphatic carbocycles. The van der Waals surface area contributed by atoms with Crippen molar-refractivity contribution in [2.24, 2.45) is 11.1 Å². The fourth-order valence-electron chi connectivity index (χ4n) is 3.04. The predicted octanol–water partition coefficient (Wildman–Crippen LogP) is 2.80. The van der Waals surface area contributed by atoms with E-state index in [1.54, 1.807) is 0 Å². The number of likely N-dealkylation sites (tertiary alicyclic amines) is 1. The Morgan fingerprint density at radius 3 is 2.50 bits per heavy atom. The summed E-state index contributed by atoms with van der Waals surface area (Å²) in [5, 5.41) is 4.29. The van der Waals surface area contributed by atoms with E-state index < -0.39 is 0 Å². The maximum absolute atomic E-state index is 12.7. The van der Waals surface area contributed by atoms with Crippen LogP contribution in [0.2, 0.25) is 0 Å². The van der Waals surface area contributed by atoms with Crippen LogP contribution in [0, 0.1) is 12.3 Å². The van der Waals surface area contributed by atoms with E-state index >= 15 is 0 Å². The Hall–Kier alpha value is -1.85. The van der Waals surface area contributed by atoms with Crippen molar-refractivity contribution in [3.8, 4) is 5.69 Å². The molecule has 2 aromatic rings. The Bertz CT molecular complexity index is 708. The Morgan fingerprint density at radius 1 is 1.29 bits per heavy atom. The lowest BCUT2D eigenvalue weighted by Gasteiger charge is -2.42. The summed E-state index contributed by atoms with van der Waals surface area (Å²) in [6.07, 6.45) is 4.63. The predicted molar refractivity (Wildman–Crippen MR) is 97.8 cm³/mol. The second kappa shape index (κ2) is 6.95. The molecule has 1 unspecified atom stereocenters. The van der Waals surface area contributed by atoms with Crippen LogP contribution >= 0.6 is 12.4 Å². The summed E-state index contributed by atoms with van der Waals surface area (Å²) in [5.41, 5.74) is 8.89. The molecule has 0 spiro atoms. The van der Waals surface area contributed by atoms with Crippen molar-refractivity contribution in [1.29, 1.82) is 0 Å². The van der Waals surface area contributed by atoms with Crippen LogP contribution < -0.4 is 5.73 Å². The summed E-state index contributed by atoms with van der Waals surface area (Å²) in [5.74, 6) is 0.0770. The van der Waals surface area contributed by atoms with Crippen LogP contribution in [0.1, 0.15) is 36.2 Å². The van der Waals surface area contributed by atoms with Crippen LogP contribution in [0.25, 0.3) is 5.69 Å². The van der Waals surface area contributed by atoms with Crippen molar-refractivity contribution in [2.45, 2.75) is 33.2 Å². The second-order valence-corrected chi connectivity index (χ2v) is 7.12. The lowest BCUT2D eigenvalue weighted by Crippen LogP contribution is -2.53. The molecule has 1 amide bonds. The minimum atomic E-state index is -0.0412. The summed E-state index contributed by atoms with van der Waals surface area (Å²) in [6, 6.07) is 7.75. The quantitative estimate of drug-likeness (QED) is 0.907. The number of rotatable bonds is 2. The summed E-state index contributed by atoms with van der Waals surface area (Å²) in [7, 11) is 0. The number of carbonyl (C=O) groups excluding carboxylic acids is 1. The highest BCUT2D eigenvalue weighted by Crippen LogP contribution is 2.28. The Balaban J connectivity index is 0.00000208. The number of benzene rings is 1. The van der Waals surface area contributed by atoms with Crippen molar-refractivity contribution in [1.82, 2.24) is 14.7 Å². The fraction of sp³-hybridized carbons (Fsp3) is 0.444. The third kappa shape index (κ3) is 3.62. The fourth-order valence-corrected chi connectivity index (χ4v) is 3.04. The molecule has 1 saturated heterocycles. The lowest BCUT2D eigenvalue weighted by atomic mass is 9.79. The number of aromatic nitrogens is 2. The van der Waals surface area contributed by atoms with Crippen LogP contribution in [-0.4, -0.2) is 39.7 Å². The molecule has 0 saturated carbocycles. The molecule has 24 heavy (non-hydrogen) atoms. The first-order valence-electron chi connectivity index (χ1n) is 8.03. The number of carbonyl (C=O) groups is 1. The molecule has 2 heterocycles.